The second-order valence-electron chi connectivity index (χ2n) is 5.70. The summed E-state index contributed by atoms with van der Waals surface area (Å²) in [6.07, 6.45) is 4.66. The van der Waals surface area contributed by atoms with E-state index in [4.69, 9.17) is 14.2 Å². The van der Waals surface area contributed by atoms with Crippen molar-refractivity contribution in [1.29, 1.82) is 0 Å². The first-order valence-corrected chi connectivity index (χ1v) is 8.16. The number of methoxy groups -OCH3 is 2. The molecule has 3 rings (SSSR count). The molecule has 0 spiro atoms. The first kappa shape index (κ1) is 17.0. The van der Waals surface area contributed by atoms with Crippen molar-refractivity contribution >= 4 is 5.91 Å². The third kappa shape index (κ3) is 3.81. The maximum atomic E-state index is 12.8. The average molecular weight is 343 g/mol. The predicted octanol–water partition coefficient (Wildman–Crippen LogP) is 2.18. The van der Waals surface area contributed by atoms with Gasteiger partial charge in [0.1, 0.15) is 12.4 Å². The highest BCUT2D eigenvalue weighted by Gasteiger charge is 2.27. The van der Waals surface area contributed by atoms with E-state index in [9.17, 15) is 4.79 Å². The Morgan fingerprint density at radius 3 is 2.60 bits per heavy atom. The molecule has 1 aromatic heterocycles. The minimum atomic E-state index is -0.0590. The van der Waals surface area contributed by atoms with Gasteiger partial charge in [0.15, 0.2) is 11.5 Å². The van der Waals surface area contributed by atoms with E-state index in [2.05, 4.69) is 9.97 Å². The number of carbonyl (C=O) groups excluding carboxylic acids is 1. The van der Waals surface area contributed by atoms with Gasteiger partial charge in [0.2, 0.25) is 5.88 Å². The largest absolute Gasteiger partial charge is 0.493 e. The van der Waals surface area contributed by atoms with Gasteiger partial charge >= 0.3 is 0 Å². The number of likely N-dealkylation sites (tertiary alicyclic amines) is 1. The molecule has 132 valence electrons. The molecule has 0 atom stereocenters. The predicted molar refractivity (Wildman–Crippen MR) is 91.1 cm³/mol. The smallest absolute Gasteiger partial charge is 0.257 e. The number of amides is 1. The number of hydrogen-bond acceptors (Lipinski definition) is 6. The van der Waals surface area contributed by atoms with E-state index in [1.807, 2.05) is 4.90 Å². The van der Waals surface area contributed by atoms with Crippen molar-refractivity contribution in [3.63, 3.8) is 0 Å². The summed E-state index contributed by atoms with van der Waals surface area (Å²) in [4.78, 5) is 22.6. The van der Waals surface area contributed by atoms with Crippen LogP contribution in [0.25, 0.3) is 0 Å². The van der Waals surface area contributed by atoms with Gasteiger partial charge in [-0.15, -0.1) is 0 Å². The van der Waals surface area contributed by atoms with Crippen molar-refractivity contribution in [3.05, 3.63) is 42.4 Å². The van der Waals surface area contributed by atoms with E-state index >= 15 is 0 Å². The molecule has 0 saturated carbocycles. The lowest BCUT2D eigenvalue weighted by Crippen LogP contribution is -2.42. The van der Waals surface area contributed by atoms with Crippen molar-refractivity contribution in [2.75, 3.05) is 27.3 Å². The fourth-order valence-electron chi connectivity index (χ4n) is 2.92. The molecule has 1 amide bonds. The van der Waals surface area contributed by atoms with Gasteiger partial charge in [-0.3, -0.25) is 4.79 Å². The van der Waals surface area contributed by atoms with Crippen LogP contribution in [0.4, 0.5) is 0 Å². The molecule has 7 nitrogen and oxygen atoms in total. The van der Waals surface area contributed by atoms with E-state index < -0.39 is 0 Å². The standard InChI is InChI=1S/C18H21N3O4/c1-23-15-5-3-4-14(17(15)24-2)18(22)21-10-7-13(8-11-21)25-16-6-9-19-12-20-16/h3-6,9,12-13H,7-8,10-11H2,1-2H3. The van der Waals surface area contributed by atoms with Crippen LogP contribution in [-0.2, 0) is 0 Å². The molecule has 0 bridgehead atoms. The van der Waals surface area contributed by atoms with E-state index in [1.54, 1.807) is 37.6 Å². The van der Waals surface area contributed by atoms with E-state index in [-0.39, 0.29) is 12.0 Å². The summed E-state index contributed by atoms with van der Waals surface area (Å²) in [5, 5.41) is 0. The molecule has 0 radical (unpaired) electrons. The highest BCUT2D eigenvalue weighted by molar-refractivity contribution is 5.97. The lowest BCUT2D eigenvalue weighted by Gasteiger charge is -2.32. The second-order valence-corrected chi connectivity index (χ2v) is 5.70. The molecule has 0 unspecified atom stereocenters. The topological polar surface area (TPSA) is 73.8 Å². The van der Waals surface area contributed by atoms with Crippen LogP contribution < -0.4 is 14.2 Å². The Hall–Kier alpha value is -2.83. The van der Waals surface area contributed by atoms with Gasteiger partial charge < -0.3 is 19.1 Å². The number of carbonyl (C=O) groups is 1. The molecule has 0 aliphatic carbocycles. The summed E-state index contributed by atoms with van der Waals surface area (Å²) in [6, 6.07) is 7.06. The summed E-state index contributed by atoms with van der Waals surface area (Å²) < 4.78 is 16.5. The number of rotatable bonds is 5. The molecule has 1 saturated heterocycles. The molecular weight excluding hydrogens is 322 g/mol. The molecule has 1 aliphatic heterocycles. The number of benzene rings is 1. The quantitative estimate of drug-likeness (QED) is 0.828. The molecule has 1 fully saturated rings. The van der Waals surface area contributed by atoms with Crippen molar-refractivity contribution in [3.8, 4) is 17.4 Å². The Balaban J connectivity index is 1.64. The fourth-order valence-corrected chi connectivity index (χ4v) is 2.92. The van der Waals surface area contributed by atoms with Gasteiger partial charge in [-0.05, 0) is 12.1 Å². The van der Waals surface area contributed by atoms with Crippen LogP contribution in [0.2, 0.25) is 0 Å². The van der Waals surface area contributed by atoms with Crippen molar-refractivity contribution in [2.24, 2.45) is 0 Å². The first-order chi connectivity index (χ1) is 12.2. The number of piperidine rings is 1. The molecule has 0 N–H and O–H groups in total. The van der Waals surface area contributed by atoms with Crippen LogP contribution in [0.5, 0.6) is 17.4 Å². The SMILES string of the molecule is COc1cccc(C(=O)N2CCC(Oc3ccncn3)CC2)c1OC. The Morgan fingerprint density at radius 2 is 1.96 bits per heavy atom. The first-order valence-electron chi connectivity index (χ1n) is 8.16. The Bertz CT molecular complexity index is 716. The van der Waals surface area contributed by atoms with Crippen molar-refractivity contribution in [1.82, 2.24) is 14.9 Å². The number of ether oxygens (including phenoxy) is 3. The molecular formula is C18H21N3O4. The van der Waals surface area contributed by atoms with Crippen LogP contribution >= 0.6 is 0 Å². The van der Waals surface area contributed by atoms with E-state index in [1.165, 1.54) is 13.4 Å². The Labute approximate surface area is 146 Å². The molecule has 25 heavy (non-hydrogen) atoms. The number of para-hydroxylation sites is 1. The molecule has 2 heterocycles. The summed E-state index contributed by atoms with van der Waals surface area (Å²) >= 11 is 0. The maximum Gasteiger partial charge on any atom is 0.257 e. The fraction of sp³-hybridized carbons (Fsp3) is 0.389. The Morgan fingerprint density at radius 1 is 1.16 bits per heavy atom. The zero-order chi connectivity index (χ0) is 17.6. The summed E-state index contributed by atoms with van der Waals surface area (Å²) in [7, 11) is 3.10. The number of nitrogens with zero attached hydrogens (tertiary/aromatic N) is 3. The number of aromatic nitrogens is 2. The summed E-state index contributed by atoms with van der Waals surface area (Å²) in [6.45, 7) is 1.24. The average Bonchev–Trinajstić information content (AvgIpc) is 2.68. The normalized spacial score (nSPS) is 14.9. The Kier molecular flexibility index (Phi) is 5.33. The molecule has 1 aliphatic rings. The second kappa shape index (κ2) is 7.83. The molecule has 1 aromatic carbocycles. The van der Waals surface area contributed by atoms with Crippen LogP contribution in [0.1, 0.15) is 23.2 Å². The van der Waals surface area contributed by atoms with Crippen molar-refractivity contribution < 1.29 is 19.0 Å². The van der Waals surface area contributed by atoms with E-state index in [0.29, 0.717) is 36.0 Å². The van der Waals surface area contributed by atoms with Gasteiger partial charge in [-0.1, -0.05) is 6.07 Å². The van der Waals surface area contributed by atoms with Gasteiger partial charge in [0.25, 0.3) is 5.91 Å². The van der Waals surface area contributed by atoms with Gasteiger partial charge in [0, 0.05) is 38.2 Å². The lowest BCUT2D eigenvalue weighted by molar-refractivity contribution is 0.0584. The van der Waals surface area contributed by atoms with Crippen LogP contribution in [0.15, 0.2) is 36.8 Å². The van der Waals surface area contributed by atoms with Crippen LogP contribution in [-0.4, -0.2) is 54.2 Å². The summed E-state index contributed by atoms with van der Waals surface area (Å²) in [5.41, 5.74) is 0.511. The van der Waals surface area contributed by atoms with Crippen LogP contribution in [0.3, 0.4) is 0 Å². The van der Waals surface area contributed by atoms with Crippen LogP contribution in [0, 0.1) is 0 Å². The molecule has 7 heteroatoms. The van der Waals surface area contributed by atoms with Gasteiger partial charge in [-0.2, -0.15) is 0 Å². The highest BCUT2D eigenvalue weighted by Crippen LogP contribution is 2.32. The lowest BCUT2D eigenvalue weighted by atomic mass is 10.1. The van der Waals surface area contributed by atoms with Gasteiger partial charge in [-0.25, -0.2) is 9.97 Å². The molecule has 2 aromatic rings. The zero-order valence-electron chi connectivity index (χ0n) is 14.3. The summed E-state index contributed by atoms with van der Waals surface area (Å²) in [5.74, 6) is 1.52. The minimum Gasteiger partial charge on any atom is -0.493 e. The van der Waals surface area contributed by atoms with Crippen molar-refractivity contribution in [2.45, 2.75) is 18.9 Å². The maximum absolute atomic E-state index is 12.8. The number of hydrogen-bond donors (Lipinski definition) is 0. The monoisotopic (exact) mass is 343 g/mol. The highest BCUT2D eigenvalue weighted by atomic mass is 16.5. The zero-order valence-corrected chi connectivity index (χ0v) is 14.3. The minimum absolute atomic E-state index is 0.0474. The van der Waals surface area contributed by atoms with E-state index in [0.717, 1.165) is 12.8 Å². The van der Waals surface area contributed by atoms with Gasteiger partial charge in [0.05, 0.1) is 19.8 Å². The third-order valence-electron chi connectivity index (χ3n) is 4.20. The third-order valence-corrected chi connectivity index (χ3v) is 4.20.